The van der Waals surface area contributed by atoms with Gasteiger partial charge in [-0.25, -0.2) is 0 Å². The molecule has 0 radical (unpaired) electrons. The lowest BCUT2D eigenvalue weighted by molar-refractivity contribution is -0.137. The molecule has 4 nitrogen and oxygen atoms in total. The van der Waals surface area contributed by atoms with Gasteiger partial charge in [0.25, 0.3) is 0 Å². The third-order valence-electron chi connectivity index (χ3n) is 4.25. The van der Waals surface area contributed by atoms with Crippen molar-refractivity contribution in [3.63, 3.8) is 0 Å². The maximum Gasteiger partial charge on any atom is 0.303 e. The minimum Gasteiger partial charge on any atom is -0.481 e. The number of nitrogens with zero attached hydrogens (tertiary/aromatic N) is 2. The van der Waals surface area contributed by atoms with Crippen LogP contribution in [0.2, 0.25) is 0 Å². The second-order valence-electron chi connectivity index (χ2n) is 5.78. The molecule has 0 bridgehead atoms. The number of benzene rings is 1. The summed E-state index contributed by atoms with van der Waals surface area (Å²) in [5.74, 6) is -0.598. The summed E-state index contributed by atoms with van der Waals surface area (Å²) in [6, 6.07) is 10.3. The van der Waals surface area contributed by atoms with Gasteiger partial charge >= 0.3 is 5.97 Å². The molecule has 1 aromatic heterocycles. The molecule has 21 heavy (non-hydrogen) atoms. The second-order valence-corrected chi connectivity index (χ2v) is 5.78. The Labute approximate surface area is 124 Å². The van der Waals surface area contributed by atoms with Crippen molar-refractivity contribution in [3.05, 3.63) is 52.8 Å². The van der Waals surface area contributed by atoms with E-state index in [9.17, 15) is 4.79 Å². The van der Waals surface area contributed by atoms with Crippen molar-refractivity contribution < 1.29 is 9.90 Å². The van der Waals surface area contributed by atoms with Crippen LogP contribution >= 0.6 is 0 Å². The van der Waals surface area contributed by atoms with Crippen LogP contribution in [0.15, 0.2) is 30.3 Å². The van der Waals surface area contributed by atoms with Crippen LogP contribution < -0.4 is 0 Å². The topological polar surface area (TPSA) is 55.1 Å². The van der Waals surface area contributed by atoms with Crippen LogP contribution in [0.25, 0.3) is 0 Å². The molecule has 1 aliphatic rings. The minimum absolute atomic E-state index is 0.121. The third-order valence-corrected chi connectivity index (χ3v) is 4.25. The lowest BCUT2D eigenvalue weighted by atomic mass is 9.83. The van der Waals surface area contributed by atoms with Crippen LogP contribution in [0.5, 0.6) is 0 Å². The Balaban J connectivity index is 1.92. The molecule has 2 aromatic rings. The Morgan fingerprint density at radius 3 is 2.86 bits per heavy atom. The molecule has 3 rings (SSSR count). The van der Waals surface area contributed by atoms with Crippen molar-refractivity contribution in [1.82, 2.24) is 9.78 Å². The number of carbonyl (C=O) groups is 1. The fourth-order valence-electron chi connectivity index (χ4n) is 3.40. The number of carboxylic acid groups (broad SMARTS) is 1. The van der Waals surface area contributed by atoms with Crippen molar-refractivity contribution in [1.29, 1.82) is 0 Å². The Hall–Kier alpha value is -2.10. The lowest BCUT2D eigenvalue weighted by Crippen LogP contribution is -2.16. The van der Waals surface area contributed by atoms with Crippen molar-refractivity contribution in [2.45, 2.75) is 45.1 Å². The maximum atomic E-state index is 11.1. The molecule has 1 N–H and O–H groups in total. The number of hydrogen-bond acceptors (Lipinski definition) is 2. The number of rotatable bonds is 4. The molecular formula is C17H20N2O2. The Bertz CT molecular complexity index is 646. The summed E-state index contributed by atoms with van der Waals surface area (Å²) in [6.07, 6.45) is 3.21. The van der Waals surface area contributed by atoms with E-state index >= 15 is 0 Å². The monoisotopic (exact) mass is 284 g/mol. The summed E-state index contributed by atoms with van der Waals surface area (Å²) in [7, 11) is 0. The second kappa shape index (κ2) is 5.72. The molecule has 0 aliphatic heterocycles. The zero-order valence-electron chi connectivity index (χ0n) is 12.2. The molecule has 0 saturated heterocycles. The quantitative estimate of drug-likeness (QED) is 0.938. The number of aliphatic carboxylic acids is 1. The summed E-state index contributed by atoms with van der Waals surface area (Å²) < 4.78 is 2.06. The van der Waals surface area contributed by atoms with Gasteiger partial charge in [-0.15, -0.1) is 0 Å². The molecule has 4 heteroatoms. The molecule has 1 atom stereocenters. The van der Waals surface area contributed by atoms with Crippen molar-refractivity contribution in [3.8, 4) is 0 Å². The van der Waals surface area contributed by atoms with Crippen molar-refractivity contribution >= 4 is 5.97 Å². The fourth-order valence-corrected chi connectivity index (χ4v) is 3.40. The number of carboxylic acids is 1. The van der Waals surface area contributed by atoms with Crippen LogP contribution in [0.4, 0.5) is 0 Å². The Morgan fingerprint density at radius 1 is 1.38 bits per heavy atom. The minimum atomic E-state index is -0.719. The van der Waals surface area contributed by atoms with Gasteiger partial charge in [-0.1, -0.05) is 30.3 Å². The van der Waals surface area contributed by atoms with Gasteiger partial charge in [0.1, 0.15) is 0 Å². The molecule has 0 fully saturated rings. The van der Waals surface area contributed by atoms with E-state index in [1.807, 2.05) is 25.1 Å². The van der Waals surface area contributed by atoms with Gasteiger partial charge in [0.2, 0.25) is 0 Å². The molecule has 0 saturated carbocycles. The first kappa shape index (κ1) is 13.9. The SMILES string of the molecule is Cc1nn(Cc2ccccc2)c2c1C(CC(=O)O)CCC2. The summed E-state index contributed by atoms with van der Waals surface area (Å²) in [4.78, 5) is 11.1. The lowest BCUT2D eigenvalue weighted by Gasteiger charge is -2.22. The average molecular weight is 284 g/mol. The highest BCUT2D eigenvalue weighted by Gasteiger charge is 2.28. The Kier molecular flexibility index (Phi) is 3.78. The fraction of sp³-hybridized carbons (Fsp3) is 0.412. The predicted molar refractivity (Wildman–Crippen MR) is 80.4 cm³/mol. The number of aryl methyl sites for hydroxylation is 1. The first-order valence-electron chi connectivity index (χ1n) is 7.47. The van der Waals surface area contributed by atoms with Gasteiger partial charge in [0.15, 0.2) is 0 Å². The zero-order chi connectivity index (χ0) is 14.8. The van der Waals surface area contributed by atoms with E-state index in [-0.39, 0.29) is 12.3 Å². The van der Waals surface area contributed by atoms with E-state index in [4.69, 9.17) is 5.11 Å². The molecule has 0 spiro atoms. The number of aromatic nitrogens is 2. The standard InChI is InChI=1S/C17H20N2O2/c1-12-17-14(10-16(20)21)8-5-9-15(17)19(18-12)11-13-6-3-2-4-7-13/h2-4,6-7,14H,5,8-11H2,1H3,(H,20,21). The summed E-state index contributed by atoms with van der Waals surface area (Å²) in [5.41, 5.74) is 4.63. The average Bonchev–Trinajstić information content (AvgIpc) is 2.77. The number of fused-ring (bicyclic) bond motifs is 1. The molecule has 1 aromatic carbocycles. The molecule has 1 heterocycles. The summed E-state index contributed by atoms with van der Waals surface area (Å²) >= 11 is 0. The zero-order valence-corrected chi connectivity index (χ0v) is 12.2. The molecule has 1 aliphatic carbocycles. The molecule has 1 unspecified atom stereocenters. The van der Waals surface area contributed by atoms with Gasteiger partial charge in [0, 0.05) is 5.69 Å². The first-order chi connectivity index (χ1) is 10.1. The first-order valence-corrected chi connectivity index (χ1v) is 7.47. The number of hydrogen-bond donors (Lipinski definition) is 1. The van der Waals surface area contributed by atoms with E-state index < -0.39 is 5.97 Å². The van der Waals surface area contributed by atoms with Crippen LogP contribution in [0.1, 0.15) is 47.7 Å². The van der Waals surface area contributed by atoms with Gasteiger partial charge in [-0.05, 0) is 43.2 Å². The predicted octanol–water partition coefficient (Wildman–Crippen LogP) is 3.13. The van der Waals surface area contributed by atoms with Crippen molar-refractivity contribution in [2.24, 2.45) is 0 Å². The Morgan fingerprint density at radius 2 is 2.14 bits per heavy atom. The van der Waals surface area contributed by atoms with E-state index in [0.29, 0.717) is 0 Å². The van der Waals surface area contributed by atoms with Gasteiger partial charge in [-0.2, -0.15) is 5.10 Å². The molecule has 0 amide bonds. The van der Waals surface area contributed by atoms with Gasteiger partial charge in [-0.3, -0.25) is 9.48 Å². The summed E-state index contributed by atoms with van der Waals surface area (Å²) in [6.45, 7) is 2.76. The smallest absolute Gasteiger partial charge is 0.303 e. The highest BCUT2D eigenvalue weighted by molar-refractivity contribution is 5.68. The largest absolute Gasteiger partial charge is 0.481 e. The van der Waals surface area contributed by atoms with E-state index in [1.165, 1.54) is 16.8 Å². The molecular weight excluding hydrogens is 264 g/mol. The highest BCUT2D eigenvalue weighted by Crippen LogP contribution is 2.36. The van der Waals surface area contributed by atoms with Crippen molar-refractivity contribution in [2.75, 3.05) is 0 Å². The van der Waals surface area contributed by atoms with E-state index in [1.54, 1.807) is 0 Å². The van der Waals surface area contributed by atoms with Crippen LogP contribution in [0, 0.1) is 6.92 Å². The van der Waals surface area contributed by atoms with E-state index in [0.717, 1.165) is 31.5 Å². The third kappa shape index (κ3) is 2.84. The maximum absolute atomic E-state index is 11.1. The van der Waals surface area contributed by atoms with Crippen LogP contribution in [0.3, 0.4) is 0 Å². The van der Waals surface area contributed by atoms with Crippen LogP contribution in [-0.2, 0) is 17.8 Å². The van der Waals surface area contributed by atoms with Gasteiger partial charge < -0.3 is 5.11 Å². The van der Waals surface area contributed by atoms with E-state index in [2.05, 4.69) is 21.9 Å². The van der Waals surface area contributed by atoms with Gasteiger partial charge in [0.05, 0.1) is 18.7 Å². The van der Waals surface area contributed by atoms with Crippen LogP contribution in [-0.4, -0.2) is 20.9 Å². The normalized spacial score (nSPS) is 17.5. The summed E-state index contributed by atoms with van der Waals surface area (Å²) in [5, 5.41) is 13.8. The highest BCUT2D eigenvalue weighted by atomic mass is 16.4. The molecule has 110 valence electrons.